The van der Waals surface area contributed by atoms with E-state index in [0.29, 0.717) is 0 Å². The molecule has 0 aliphatic heterocycles. The van der Waals surface area contributed by atoms with Crippen LogP contribution in [0.3, 0.4) is 0 Å². The fourth-order valence-electron chi connectivity index (χ4n) is 1.56. The second kappa shape index (κ2) is 5.43. The summed E-state index contributed by atoms with van der Waals surface area (Å²) in [6.07, 6.45) is 14.9. The summed E-state index contributed by atoms with van der Waals surface area (Å²) in [5.74, 6) is 0. The number of rotatable bonds is 3. The van der Waals surface area contributed by atoms with Crippen LogP contribution in [0.25, 0.3) is 0 Å². The van der Waals surface area contributed by atoms with Crippen LogP contribution in [0.4, 0.5) is 0 Å². The third-order valence-corrected chi connectivity index (χ3v) is 2.15. The van der Waals surface area contributed by atoms with Crippen molar-refractivity contribution in [2.24, 2.45) is 0 Å². The van der Waals surface area contributed by atoms with Gasteiger partial charge in [0.1, 0.15) is 0 Å². The summed E-state index contributed by atoms with van der Waals surface area (Å²) in [5.41, 5.74) is 4.02. The highest BCUT2D eigenvalue weighted by Gasteiger charge is 2.02. The van der Waals surface area contributed by atoms with Gasteiger partial charge in [-0.15, -0.1) is 0 Å². The van der Waals surface area contributed by atoms with Gasteiger partial charge in [-0.2, -0.15) is 0 Å². The lowest BCUT2D eigenvalue weighted by molar-refractivity contribution is 1.10. The van der Waals surface area contributed by atoms with E-state index in [1.165, 1.54) is 16.7 Å². The van der Waals surface area contributed by atoms with Crippen LogP contribution in [0.15, 0.2) is 59.8 Å². The van der Waals surface area contributed by atoms with Gasteiger partial charge in [-0.3, -0.25) is 0 Å². The minimum atomic E-state index is 0.984. The van der Waals surface area contributed by atoms with Crippen LogP contribution in [0.2, 0.25) is 0 Å². The predicted octanol–water partition coefficient (Wildman–Crippen LogP) is 4.34. The summed E-state index contributed by atoms with van der Waals surface area (Å²) >= 11 is 0. The normalized spacial score (nSPS) is 19.0. The minimum absolute atomic E-state index is 0.984. The summed E-state index contributed by atoms with van der Waals surface area (Å²) in [7, 11) is 0. The van der Waals surface area contributed by atoms with Crippen LogP contribution in [-0.4, -0.2) is 0 Å². The molecular formula is C14H18. The van der Waals surface area contributed by atoms with Gasteiger partial charge in [0, 0.05) is 0 Å². The molecule has 0 spiro atoms. The highest BCUT2D eigenvalue weighted by atomic mass is 14.1. The summed E-state index contributed by atoms with van der Waals surface area (Å²) < 4.78 is 0. The summed E-state index contributed by atoms with van der Waals surface area (Å²) in [5, 5.41) is 0. The van der Waals surface area contributed by atoms with Crippen molar-refractivity contribution in [2.75, 3.05) is 0 Å². The monoisotopic (exact) mass is 186 g/mol. The van der Waals surface area contributed by atoms with E-state index in [4.69, 9.17) is 0 Å². The standard InChI is InChI=1S/C14H18/c1-4-8-14(11-12(2)3)13-9-6-5-7-10-13/h4-9H,2,10-11H2,1,3H3/b8-4-,14-13+. The van der Waals surface area contributed by atoms with Gasteiger partial charge in [-0.1, -0.05) is 48.6 Å². The molecule has 0 aromatic rings. The summed E-state index contributed by atoms with van der Waals surface area (Å²) in [6.45, 7) is 8.09. The van der Waals surface area contributed by atoms with Gasteiger partial charge in [0.2, 0.25) is 0 Å². The van der Waals surface area contributed by atoms with Gasteiger partial charge >= 0.3 is 0 Å². The summed E-state index contributed by atoms with van der Waals surface area (Å²) in [4.78, 5) is 0. The van der Waals surface area contributed by atoms with Crippen molar-refractivity contribution in [1.29, 1.82) is 0 Å². The quantitative estimate of drug-likeness (QED) is 0.575. The highest BCUT2D eigenvalue weighted by Crippen LogP contribution is 2.21. The molecule has 14 heavy (non-hydrogen) atoms. The molecular weight excluding hydrogens is 168 g/mol. The van der Waals surface area contributed by atoms with Crippen LogP contribution in [0, 0.1) is 0 Å². The Hall–Kier alpha value is -1.30. The van der Waals surface area contributed by atoms with Crippen molar-refractivity contribution in [2.45, 2.75) is 26.7 Å². The average molecular weight is 186 g/mol. The minimum Gasteiger partial charge on any atom is -0.0998 e. The Morgan fingerprint density at radius 3 is 2.79 bits per heavy atom. The third kappa shape index (κ3) is 3.21. The van der Waals surface area contributed by atoms with Crippen LogP contribution in [0.5, 0.6) is 0 Å². The first-order valence-corrected chi connectivity index (χ1v) is 5.06. The van der Waals surface area contributed by atoms with Gasteiger partial charge in [-0.25, -0.2) is 0 Å². The molecule has 0 amide bonds. The van der Waals surface area contributed by atoms with Crippen molar-refractivity contribution < 1.29 is 0 Å². The molecule has 0 nitrogen and oxygen atoms in total. The Kier molecular flexibility index (Phi) is 4.18. The average Bonchev–Trinajstić information content (AvgIpc) is 2.18. The molecule has 0 unspecified atom stereocenters. The maximum Gasteiger partial charge on any atom is -0.00698 e. The van der Waals surface area contributed by atoms with E-state index >= 15 is 0 Å². The van der Waals surface area contributed by atoms with Crippen LogP contribution in [-0.2, 0) is 0 Å². The van der Waals surface area contributed by atoms with Crippen molar-refractivity contribution in [3.8, 4) is 0 Å². The fourth-order valence-corrected chi connectivity index (χ4v) is 1.56. The lowest BCUT2D eigenvalue weighted by Crippen LogP contribution is -1.90. The Morgan fingerprint density at radius 1 is 1.50 bits per heavy atom. The Balaban J connectivity index is 2.89. The Labute approximate surface area is 87.0 Å². The molecule has 0 heterocycles. The van der Waals surface area contributed by atoms with E-state index in [1.807, 2.05) is 0 Å². The Morgan fingerprint density at radius 2 is 2.29 bits per heavy atom. The second-order valence-corrected chi connectivity index (χ2v) is 3.68. The van der Waals surface area contributed by atoms with E-state index < -0.39 is 0 Å². The molecule has 0 aromatic heterocycles. The molecule has 1 aliphatic carbocycles. The Bertz CT molecular complexity index is 322. The highest BCUT2D eigenvalue weighted by molar-refractivity contribution is 5.40. The molecule has 1 rings (SSSR count). The smallest absolute Gasteiger partial charge is 0.00698 e. The van der Waals surface area contributed by atoms with Gasteiger partial charge in [-0.05, 0) is 37.8 Å². The number of hydrogen-bond acceptors (Lipinski definition) is 0. The van der Waals surface area contributed by atoms with Crippen molar-refractivity contribution >= 4 is 0 Å². The predicted molar refractivity (Wildman–Crippen MR) is 64.2 cm³/mol. The molecule has 0 fully saturated rings. The van der Waals surface area contributed by atoms with E-state index in [0.717, 1.165) is 12.8 Å². The molecule has 0 bridgehead atoms. The number of allylic oxidation sites excluding steroid dienone is 9. The molecule has 74 valence electrons. The first-order valence-electron chi connectivity index (χ1n) is 5.06. The van der Waals surface area contributed by atoms with E-state index in [2.05, 4.69) is 56.9 Å². The SMILES string of the molecule is C=C(C)CC(/C=C\C)=C1\C=CC=CC1. The maximum absolute atomic E-state index is 3.96. The van der Waals surface area contributed by atoms with E-state index in [9.17, 15) is 0 Å². The molecule has 0 saturated carbocycles. The van der Waals surface area contributed by atoms with E-state index in [1.54, 1.807) is 0 Å². The van der Waals surface area contributed by atoms with Gasteiger partial charge < -0.3 is 0 Å². The van der Waals surface area contributed by atoms with Crippen molar-refractivity contribution in [3.05, 3.63) is 59.8 Å². The molecule has 0 N–H and O–H groups in total. The molecule has 0 atom stereocenters. The molecule has 0 aromatic carbocycles. The zero-order valence-electron chi connectivity index (χ0n) is 9.09. The van der Waals surface area contributed by atoms with Gasteiger partial charge in [0.15, 0.2) is 0 Å². The van der Waals surface area contributed by atoms with Crippen LogP contribution in [0.1, 0.15) is 26.7 Å². The molecule has 0 heteroatoms. The first-order chi connectivity index (χ1) is 6.74. The van der Waals surface area contributed by atoms with Crippen LogP contribution >= 0.6 is 0 Å². The first kappa shape index (κ1) is 10.8. The van der Waals surface area contributed by atoms with Gasteiger partial charge in [0.25, 0.3) is 0 Å². The van der Waals surface area contributed by atoms with Crippen molar-refractivity contribution in [3.63, 3.8) is 0 Å². The molecule has 0 radical (unpaired) electrons. The lowest BCUT2D eigenvalue weighted by atomic mass is 9.96. The third-order valence-electron chi connectivity index (χ3n) is 2.15. The zero-order chi connectivity index (χ0) is 10.4. The topological polar surface area (TPSA) is 0 Å². The largest absolute Gasteiger partial charge is 0.0998 e. The fraction of sp³-hybridized carbons (Fsp3) is 0.286. The van der Waals surface area contributed by atoms with Crippen LogP contribution < -0.4 is 0 Å². The zero-order valence-corrected chi connectivity index (χ0v) is 9.09. The maximum atomic E-state index is 3.96. The molecule has 0 saturated heterocycles. The summed E-state index contributed by atoms with van der Waals surface area (Å²) in [6, 6.07) is 0. The van der Waals surface area contributed by atoms with Gasteiger partial charge in [0.05, 0.1) is 0 Å². The van der Waals surface area contributed by atoms with Crippen molar-refractivity contribution in [1.82, 2.24) is 0 Å². The molecule has 1 aliphatic rings. The number of hydrogen-bond donors (Lipinski definition) is 0. The second-order valence-electron chi connectivity index (χ2n) is 3.68. The lowest BCUT2D eigenvalue weighted by Gasteiger charge is -2.09. The van der Waals surface area contributed by atoms with E-state index in [-0.39, 0.29) is 0 Å².